The number of halogens is 4. The van der Waals surface area contributed by atoms with Gasteiger partial charge >= 0.3 is 12.1 Å². The summed E-state index contributed by atoms with van der Waals surface area (Å²) in [6.07, 6.45) is -2.48. The van der Waals surface area contributed by atoms with Gasteiger partial charge in [-0.2, -0.15) is 13.2 Å². The molecule has 7 nitrogen and oxygen atoms in total. The molecule has 1 saturated heterocycles. The average Bonchev–Trinajstić information content (AvgIpc) is 3.32. The summed E-state index contributed by atoms with van der Waals surface area (Å²) < 4.78 is 50.2. The maximum atomic E-state index is 13.1. The topological polar surface area (TPSA) is 86.9 Å². The Kier molecular flexibility index (Phi) is 9.18. The van der Waals surface area contributed by atoms with E-state index < -0.39 is 12.1 Å². The van der Waals surface area contributed by atoms with Crippen LogP contribution < -0.4 is 0 Å². The van der Waals surface area contributed by atoms with Crippen LogP contribution in [0.25, 0.3) is 11.3 Å². The molecule has 0 spiro atoms. The third-order valence-corrected chi connectivity index (χ3v) is 5.58. The van der Waals surface area contributed by atoms with Crippen LogP contribution in [0, 0.1) is 5.82 Å². The van der Waals surface area contributed by atoms with E-state index in [4.69, 9.17) is 14.4 Å². The highest BCUT2D eigenvalue weighted by molar-refractivity contribution is 5.77. The lowest BCUT2D eigenvalue weighted by molar-refractivity contribution is -0.192. The van der Waals surface area contributed by atoms with Crippen molar-refractivity contribution in [1.82, 2.24) is 15.0 Å². The number of nitrogens with zero attached hydrogens (tertiary/aromatic N) is 3. The molecule has 0 radical (unpaired) electrons. The number of aromatic nitrogens is 1. The number of carbonyl (C=O) groups excluding carboxylic acids is 1. The van der Waals surface area contributed by atoms with Gasteiger partial charge in [0.15, 0.2) is 5.76 Å². The maximum absolute atomic E-state index is 13.1. The summed E-state index contributed by atoms with van der Waals surface area (Å²) in [6, 6.07) is 16.5. The molecular formula is C25H25F4N3O4. The first-order valence-corrected chi connectivity index (χ1v) is 11.2. The van der Waals surface area contributed by atoms with Crippen molar-refractivity contribution in [1.29, 1.82) is 0 Å². The van der Waals surface area contributed by atoms with Crippen molar-refractivity contribution in [3.8, 4) is 11.3 Å². The molecule has 1 aromatic heterocycles. The van der Waals surface area contributed by atoms with Crippen LogP contribution in [0.5, 0.6) is 0 Å². The number of carbonyl (C=O) groups is 2. The molecule has 0 saturated carbocycles. The SMILES string of the molecule is O=C(CCc1cnoc1-c1ccc(F)cc1)N1CCN(Cc2ccccc2)CC1.O=C(O)C(F)(F)F. The zero-order valence-corrected chi connectivity index (χ0v) is 19.2. The van der Waals surface area contributed by atoms with Crippen molar-refractivity contribution in [3.05, 3.63) is 77.7 Å². The highest BCUT2D eigenvalue weighted by Gasteiger charge is 2.38. The Morgan fingerprint density at radius 3 is 2.17 bits per heavy atom. The number of carboxylic acid groups (broad SMARTS) is 1. The van der Waals surface area contributed by atoms with Crippen molar-refractivity contribution < 1.29 is 36.8 Å². The fraction of sp³-hybridized carbons (Fsp3) is 0.320. The summed E-state index contributed by atoms with van der Waals surface area (Å²) in [5.41, 5.74) is 2.93. The normalized spacial score (nSPS) is 14.2. The van der Waals surface area contributed by atoms with Gasteiger partial charge in [0.25, 0.3) is 0 Å². The Morgan fingerprint density at radius 2 is 1.58 bits per heavy atom. The van der Waals surface area contributed by atoms with Gasteiger partial charge in [0, 0.05) is 50.3 Å². The number of benzene rings is 2. The van der Waals surface area contributed by atoms with Crippen LogP contribution in [-0.2, 0) is 22.6 Å². The van der Waals surface area contributed by atoms with Crippen LogP contribution in [0.4, 0.5) is 17.6 Å². The largest absolute Gasteiger partial charge is 0.490 e. The quantitative estimate of drug-likeness (QED) is 0.498. The zero-order chi connectivity index (χ0) is 26.1. The zero-order valence-electron chi connectivity index (χ0n) is 19.2. The molecule has 1 fully saturated rings. The van der Waals surface area contributed by atoms with Gasteiger partial charge in [-0.15, -0.1) is 0 Å². The highest BCUT2D eigenvalue weighted by atomic mass is 19.4. The van der Waals surface area contributed by atoms with Gasteiger partial charge in [-0.05, 0) is 36.2 Å². The molecule has 0 atom stereocenters. The van der Waals surface area contributed by atoms with Crippen molar-refractivity contribution in [3.63, 3.8) is 0 Å². The molecule has 36 heavy (non-hydrogen) atoms. The number of hydrogen-bond donors (Lipinski definition) is 1. The lowest BCUT2D eigenvalue weighted by Crippen LogP contribution is -2.48. The number of aliphatic carboxylic acids is 1. The number of rotatable bonds is 6. The Hall–Kier alpha value is -3.73. The molecule has 1 aliphatic rings. The molecule has 4 rings (SSSR count). The molecule has 11 heteroatoms. The molecule has 2 heterocycles. The second kappa shape index (κ2) is 12.3. The van der Waals surface area contributed by atoms with Gasteiger partial charge < -0.3 is 14.5 Å². The maximum Gasteiger partial charge on any atom is 0.490 e. The summed E-state index contributed by atoms with van der Waals surface area (Å²) in [7, 11) is 0. The first-order chi connectivity index (χ1) is 17.1. The van der Waals surface area contributed by atoms with Crippen molar-refractivity contribution in [2.45, 2.75) is 25.6 Å². The second-order valence-corrected chi connectivity index (χ2v) is 8.13. The van der Waals surface area contributed by atoms with E-state index in [0.29, 0.717) is 18.6 Å². The molecule has 0 unspecified atom stereocenters. The standard InChI is InChI=1S/C23H24FN3O2.C2HF3O2/c24-21-9-6-19(7-10-21)23-20(16-25-29-23)8-11-22(28)27-14-12-26(13-15-27)17-18-4-2-1-3-5-18;3-2(4,5)1(6)7/h1-7,9-10,16H,8,11-15,17H2;(H,6,7). The monoisotopic (exact) mass is 507 g/mol. The Balaban J connectivity index is 0.000000454. The van der Waals surface area contributed by atoms with Crippen molar-refractivity contribution in [2.75, 3.05) is 26.2 Å². The Bertz CT molecular complexity index is 1130. The predicted octanol–water partition coefficient (Wildman–Crippen LogP) is 4.39. The smallest absolute Gasteiger partial charge is 0.475 e. The van der Waals surface area contributed by atoms with Gasteiger partial charge in [-0.3, -0.25) is 9.69 Å². The van der Waals surface area contributed by atoms with E-state index >= 15 is 0 Å². The second-order valence-electron chi connectivity index (χ2n) is 8.13. The minimum Gasteiger partial charge on any atom is -0.475 e. The molecule has 192 valence electrons. The average molecular weight is 507 g/mol. The molecular weight excluding hydrogens is 482 g/mol. The third-order valence-electron chi connectivity index (χ3n) is 5.58. The number of alkyl halides is 3. The highest BCUT2D eigenvalue weighted by Crippen LogP contribution is 2.25. The molecule has 0 aliphatic carbocycles. The molecule has 2 aromatic carbocycles. The number of carboxylic acids is 1. The number of piperazine rings is 1. The van der Waals surface area contributed by atoms with Crippen LogP contribution in [0.3, 0.4) is 0 Å². The van der Waals surface area contributed by atoms with Crippen molar-refractivity contribution >= 4 is 11.9 Å². The number of aryl methyl sites for hydroxylation is 1. The van der Waals surface area contributed by atoms with E-state index in [2.05, 4.69) is 34.3 Å². The first-order valence-electron chi connectivity index (χ1n) is 11.2. The fourth-order valence-corrected chi connectivity index (χ4v) is 3.67. The minimum absolute atomic E-state index is 0.149. The fourth-order valence-electron chi connectivity index (χ4n) is 3.67. The van der Waals surface area contributed by atoms with E-state index in [1.165, 1.54) is 17.7 Å². The van der Waals surface area contributed by atoms with Gasteiger partial charge in [-0.1, -0.05) is 35.5 Å². The van der Waals surface area contributed by atoms with E-state index in [9.17, 15) is 22.4 Å². The number of amides is 1. The van der Waals surface area contributed by atoms with E-state index in [-0.39, 0.29) is 11.7 Å². The lowest BCUT2D eigenvalue weighted by Gasteiger charge is -2.34. The molecule has 1 N–H and O–H groups in total. The predicted molar refractivity (Wildman–Crippen MR) is 122 cm³/mol. The van der Waals surface area contributed by atoms with Gasteiger partial charge in [0.2, 0.25) is 5.91 Å². The van der Waals surface area contributed by atoms with Gasteiger partial charge in [0.1, 0.15) is 5.82 Å². The van der Waals surface area contributed by atoms with E-state index in [1.807, 2.05) is 11.0 Å². The van der Waals surface area contributed by atoms with E-state index in [0.717, 1.165) is 43.9 Å². The van der Waals surface area contributed by atoms with Crippen LogP contribution in [0.1, 0.15) is 17.5 Å². The summed E-state index contributed by atoms with van der Waals surface area (Å²) in [6.45, 7) is 4.19. The Morgan fingerprint density at radius 1 is 0.972 bits per heavy atom. The van der Waals surface area contributed by atoms with Gasteiger partial charge in [-0.25, -0.2) is 9.18 Å². The lowest BCUT2D eigenvalue weighted by atomic mass is 10.0. The van der Waals surface area contributed by atoms with Crippen LogP contribution in [0.2, 0.25) is 0 Å². The van der Waals surface area contributed by atoms with E-state index in [1.54, 1.807) is 18.3 Å². The number of hydrogen-bond acceptors (Lipinski definition) is 5. The molecule has 3 aromatic rings. The Labute approximate surface area is 204 Å². The summed E-state index contributed by atoms with van der Waals surface area (Å²) >= 11 is 0. The van der Waals surface area contributed by atoms with Crippen LogP contribution >= 0.6 is 0 Å². The first kappa shape index (κ1) is 26.9. The minimum atomic E-state index is -5.08. The summed E-state index contributed by atoms with van der Waals surface area (Å²) in [4.78, 5) is 25.9. The molecule has 1 amide bonds. The third kappa shape index (κ3) is 7.91. The van der Waals surface area contributed by atoms with Crippen LogP contribution in [-0.4, -0.2) is 64.3 Å². The van der Waals surface area contributed by atoms with Gasteiger partial charge in [0.05, 0.1) is 6.20 Å². The summed E-state index contributed by atoms with van der Waals surface area (Å²) in [5.74, 6) is -2.30. The van der Waals surface area contributed by atoms with Crippen molar-refractivity contribution in [2.24, 2.45) is 0 Å². The summed E-state index contributed by atoms with van der Waals surface area (Å²) in [5, 5.41) is 11.0. The molecule has 0 bridgehead atoms. The van der Waals surface area contributed by atoms with Crippen LogP contribution in [0.15, 0.2) is 65.3 Å². The molecule has 1 aliphatic heterocycles.